The number of carbonyl (C=O) groups is 1. The lowest BCUT2D eigenvalue weighted by atomic mass is 9.93. The van der Waals surface area contributed by atoms with Crippen molar-refractivity contribution in [3.63, 3.8) is 0 Å². The van der Waals surface area contributed by atoms with Gasteiger partial charge in [-0.1, -0.05) is 11.8 Å². The number of carbonyl (C=O) groups excluding carboxylic acids is 1. The van der Waals surface area contributed by atoms with E-state index in [1.165, 1.54) is 26.0 Å². The Bertz CT molecular complexity index is 691. The first-order valence-electron chi connectivity index (χ1n) is 6.96. The summed E-state index contributed by atoms with van der Waals surface area (Å²) in [6, 6.07) is 0. The largest absolute Gasteiger partial charge is 0.467 e. The zero-order chi connectivity index (χ0) is 16.4. The van der Waals surface area contributed by atoms with E-state index in [0.29, 0.717) is 13.2 Å². The maximum Gasteiger partial charge on any atom is 0.342 e. The van der Waals surface area contributed by atoms with Crippen molar-refractivity contribution in [1.29, 1.82) is 0 Å². The summed E-state index contributed by atoms with van der Waals surface area (Å²) in [7, 11) is 4.48. The SMILES string of the molecule is COCN1C2=C(CC(OC)(C(=O)OC)C=C2)Sc2nccnc21. The minimum atomic E-state index is -1.11. The molecule has 1 aromatic rings. The van der Waals surface area contributed by atoms with Crippen LogP contribution in [-0.4, -0.2) is 49.6 Å². The Morgan fingerprint density at radius 2 is 2.13 bits per heavy atom. The maximum atomic E-state index is 12.2. The van der Waals surface area contributed by atoms with E-state index in [0.717, 1.165) is 21.4 Å². The Kier molecular flexibility index (Phi) is 4.38. The van der Waals surface area contributed by atoms with E-state index in [1.807, 2.05) is 11.0 Å². The predicted molar refractivity (Wildman–Crippen MR) is 84.8 cm³/mol. The Balaban J connectivity index is 2.01. The molecule has 0 radical (unpaired) electrons. The van der Waals surface area contributed by atoms with Crippen LogP contribution >= 0.6 is 11.8 Å². The van der Waals surface area contributed by atoms with Crippen molar-refractivity contribution in [2.24, 2.45) is 0 Å². The molecule has 0 amide bonds. The molecule has 0 saturated heterocycles. The standard InChI is InChI=1S/C15H17N3O4S/c1-20-9-18-10-4-5-15(22-3,14(19)21-2)8-11(10)23-13-12(18)16-6-7-17-13/h4-7H,8-9H2,1-3H3. The molecule has 8 heteroatoms. The van der Waals surface area contributed by atoms with E-state index in [1.54, 1.807) is 25.6 Å². The molecule has 0 fully saturated rings. The Hall–Kier alpha value is -1.90. The number of hydrogen-bond donors (Lipinski definition) is 0. The molecule has 7 nitrogen and oxygen atoms in total. The first kappa shape index (κ1) is 16.0. The third-order valence-corrected chi connectivity index (χ3v) is 4.87. The molecule has 0 N–H and O–H groups in total. The number of hydrogen-bond acceptors (Lipinski definition) is 8. The lowest BCUT2D eigenvalue weighted by molar-refractivity contribution is -0.160. The summed E-state index contributed by atoms with van der Waals surface area (Å²) >= 11 is 1.49. The molecule has 0 bridgehead atoms. The second-order valence-electron chi connectivity index (χ2n) is 5.04. The van der Waals surface area contributed by atoms with Gasteiger partial charge in [0.2, 0.25) is 0 Å². The quantitative estimate of drug-likeness (QED) is 0.770. The summed E-state index contributed by atoms with van der Waals surface area (Å²) in [5.74, 6) is 0.317. The predicted octanol–water partition coefficient (Wildman–Crippen LogP) is 1.72. The van der Waals surface area contributed by atoms with Crippen molar-refractivity contribution < 1.29 is 19.0 Å². The molecule has 1 aliphatic heterocycles. The highest BCUT2D eigenvalue weighted by Crippen LogP contribution is 2.47. The van der Waals surface area contributed by atoms with Crippen molar-refractivity contribution in [3.8, 4) is 0 Å². The number of thioether (sulfide) groups is 1. The van der Waals surface area contributed by atoms with Gasteiger partial charge in [-0.2, -0.15) is 0 Å². The molecule has 122 valence electrons. The zero-order valence-electron chi connectivity index (χ0n) is 13.1. The minimum Gasteiger partial charge on any atom is -0.467 e. The summed E-state index contributed by atoms with van der Waals surface area (Å²) in [5.41, 5.74) is -0.180. The van der Waals surface area contributed by atoms with Gasteiger partial charge in [0.25, 0.3) is 0 Å². The summed E-state index contributed by atoms with van der Waals surface area (Å²) < 4.78 is 15.7. The highest BCUT2D eigenvalue weighted by atomic mass is 32.2. The van der Waals surface area contributed by atoms with E-state index < -0.39 is 11.6 Å². The van der Waals surface area contributed by atoms with E-state index in [4.69, 9.17) is 14.2 Å². The average Bonchev–Trinajstić information content (AvgIpc) is 2.60. The van der Waals surface area contributed by atoms with Crippen LogP contribution in [0.4, 0.5) is 5.82 Å². The van der Waals surface area contributed by atoms with Crippen LogP contribution in [0.1, 0.15) is 6.42 Å². The van der Waals surface area contributed by atoms with Crippen LogP contribution in [0.5, 0.6) is 0 Å². The van der Waals surface area contributed by atoms with Gasteiger partial charge in [-0.15, -0.1) is 0 Å². The Labute approximate surface area is 138 Å². The monoisotopic (exact) mass is 335 g/mol. The van der Waals surface area contributed by atoms with Gasteiger partial charge in [-0.05, 0) is 12.2 Å². The van der Waals surface area contributed by atoms with E-state index in [2.05, 4.69) is 9.97 Å². The van der Waals surface area contributed by atoms with Crippen molar-refractivity contribution >= 4 is 23.5 Å². The molecule has 1 aromatic heterocycles. The van der Waals surface area contributed by atoms with Gasteiger partial charge in [-0.25, -0.2) is 14.8 Å². The molecule has 1 aliphatic carbocycles. The van der Waals surface area contributed by atoms with Crippen molar-refractivity contribution in [3.05, 3.63) is 35.1 Å². The molecular weight excluding hydrogens is 318 g/mol. The molecule has 0 spiro atoms. The van der Waals surface area contributed by atoms with Crippen LogP contribution in [0.25, 0.3) is 0 Å². The fourth-order valence-electron chi connectivity index (χ4n) is 2.63. The van der Waals surface area contributed by atoms with Gasteiger partial charge < -0.3 is 14.2 Å². The first-order chi connectivity index (χ1) is 11.1. The van der Waals surface area contributed by atoms with Gasteiger partial charge in [-0.3, -0.25) is 4.90 Å². The number of methoxy groups -OCH3 is 3. The van der Waals surface area contributed by atoms with Gasteiger partial charge in [0.1, 0.15) is 11.8 Å². The van der Waals surface area contributed by atoms with Crippen LogP contribution in [0.3, 0.4) is 0 Å². The number of esters is 1. The minimum absolute atomic E-state index is 0.341. The smallest absolute Gasteiger partial charge is 0.342 e. The molecule has 2 heterocycles. The lowest BCUT2D eigenvalue weighted by Gasteiger charge is -2.37. The number of aromatic nitrogens is 2. The number of allylic oxidation sites excluding steroid dienone is 1. The Morgan fingerprint density at radius 3 is 2.83 bits per heavy atom. The van der Waals surface area contributed by atoms with Crippen LogP contribution < -0.4 is 4.90 Å². The summed E-state index contributed by atoms with van der Waals surface area (Å²) in [5, 5.41) is 0.772. The van der Waals surface area contributed by atoms with Gasteiger partial charge in [0.15, 0.2) is 11.4 Å². The molecule has 23 heavy (non-hydrogen) atoms. The zero-order valence-corrected chi connectivity index (χ0v) is 13.9. The fourth-order valence-corrected chi connectivity index (χ4v) is 3.80. The average molecular weight is 335 g/mol. The van der Waals surface area contributed by atoms with E-state index in [9.17, 15) is 4.79 Å². The van der Waals surface area contributed by atoms with Crippen LogP contribution in [0.15, 0.2) is 40.2 Å². The highest BCUT2D eigenvalue weighted by Gasteiger charge is 2.43. The number of nitrogens with zero attached hydrogens (tertiary/aromatic N) is 3. The van der Waals surface area contributed by atoms with Gasteiger partial charge in [0, 0.05) is 37.9 Å². The number of rotatable bonds is 4. The number of anilines is 1. The summed E-state index contributed by atoms with van der Waals surface area (Å²) in [4.78, 5) is 23.8. The van der Waals surface area contributed by atoms with Crippen molar-refractivity contribution in [2.45, 2.75) is 17.0 Å². The molecule has 0 saturated carbocycles. The molecular formula is C15H17N3O4S. The number of fused-ring (bicyclic) bond motifs is 1. The first-order valence-corrected chi connectivity index (χ1v) is 7.78. The van der Waals surface area contributed by atoms with Crippen LogP contribution in [0, 0.1) is 0 Å². The van der Waals surface area contributed by atoms with E-state index >= 15 is 0 Å². The molecule has 1 unspecified atom stereocenters. The summed E-state index contributed by atoms with van der Waals surface area (Å²) in [6.45, 7) is 0.341. The van der Waals surface area contributed by atoms with Crippen LogP contribution in [0.2, 0.25) is 0 Å². The molecule has 3 rings (SSSR count). The third-order valence-electron chi connectivity index (χ3n) is 3.79. The maximum absolute atomic E-state index is 12.2. The second kappa shape index (κ2) is 6.31. The molecule has 1 atom stereocenters. The normalized spacial score (nSPS) is 22.7. The lowest BCUT2D eigenvalue weighted by Crippen LogP contribution is -2.43. The fraction of sp³-hybridized carbons (Fsp3) is 0.400. The topological polar surface area (TPSA) is 73.8 Å². The van der Waals surface area contributed by atoms with Crippen molar-refractivity contribution in [2.75, 3.05) is 33.0 Å². The highest BCUT2D eigenvalue weighted by molar-refractivity contribution is 8.03. The van der Waals surface area contributed by atoms with Gasteiger partial charge >= 0.3 is 5.97 Å². The van der Waals surface area contributed by atoms with E-state index in [-0.39, 0.29) is 0 Å². The molecule has 2 aliphatic rings. The Morgan fingerprint density at radius 1 is 1.35 bits per heavy atom. The second-order valence-corrected chi connectivity index (χ2v) is 6.12. The molecule has 0 aromatic carbocycles. The summed E-state index contributed by atoms with van der Waals surface area (Å²) in [6.07, 6.45) is 7.24. The van der Waals surface area contributed by atoms with Crippen LogP contribution in [-0.2, 0) is 19.0 Å². The van der Waals surface area contributed by atoms with Crippen molar-refractivity contribution in [1.82, 2.24) is 9.97 Å². The van der Waals surface area contributed by atoms with Gasteiger partial charge in [0.05, 0.1) is 12.8 Å². The third kappa shape index (κ3) is 2.62. The number of ether oxygens (including phenoxy) is 3.